The fraction of sp³-hybridized carbons (Fsp3) is 0.134. The Morgan fingerprint density at radius 2 is 1.07 bits per heavy atom. The molecule has 1 aliphatic carbocycles. The third kappa shape index (κ3) is 11.6. The molecule has 3 aromatic heterocycles. The predicted molar refractivity (Wildman–Crippen MR) is 432 cm³/mol. The average Bonchev–Trinajstić information content (AvgIpc) is 0.648. The van der Waals surface area contributed by atoms with Crippen LogP contribution in [0.3, 0.4) is 0 Å². The number of fused-ring (bicyclic) bond motifs is 5. The molecule has 0 atom stereocenters. The zero-order valence-corrected chi connectivity index (χ0v) is 55.4. The van der Waals surface area contributed by atoms with Gasteiger partial charge in [0.05, 0.1) is 77.3 Å². The number of hydrogen-bond acceptors (Lipinski definition) is 2. The number of pyridine rings is 1. The van der Waals surface area contributed by atoms with Crippen LogP contribution in [0.25, 0.3) is 106 Å². The highest BCUT2D eigenvalue weighted by Crippen LogP contribution is 2.49. The lowest BCUT2D eigenvalue weighted by atomic mass is 9.63. The summed E-state index contributed by atoms with van der Waals surface area (Å²) in [7, 11) is -7.06. The maximum Gasteiger partial charge on any atom is 0.269 e. The molecule has 0 radical (unpaired) electrons. The SMILES string of the molecule is [2H]c1c([2H])c([2H])c(-c2cc(-c3c([2H])c([2H])c4c(c3[2H])C(C([2H])([2H])[2H])(C([2H])([2H])[2H])C([2H])([2H])C([2H])([2H])C4(C([2H])([2H])[2H])C([2H])([2H])[2H])c(-[n+]3[c-]n(-c4cccc(Oc5ccc6c7ccccc7n(-c7cc(C([2H])([2H])[2H])c(-c8c([2H])c([2H])c([2H])c([2H])c8[2H])cn7)c6c5)c4)c4cc(-c5ccc(C(C)(C)C)cc5)ccc43)c(-c3c([2H])c([2H])c([2H])c([Si](c4c([2H])c([2H])c([2H])c([2H])c4[2H])(c4c([2H])c([2H])c([2H])c([2H])c4[2H])c4c([2H])c([2H])c([2H])c([2H])c4[2H])c3[2H])c2)c([2H])c1[2H]. The van der Waals surface area contributed by atoms with E-state index >= 15 is 0 Å². The first-order valence-electron chi connectivity index (χ1n) is 57.4. The Kier molecular flexibility index (Phi) is 7.42. The van der Waals surface area contributed by atoms with E-state index < -0.39 is 347 Å². The molecule has 0 N–H and O–H groups in total. The Morgan fingerprint density at radius 3 is 1.73 bits per heavy atom. The van der Waals surface area contributed by atoms with Gasteiger partial charge in [-0.1, -0.05) is 302 Å². The number of imidazole rings is 1. The Balaban J connectivity index is 1.09. The van der Waals surface area contributed by atoms with Gasteiger partial charge < -0.3 is 4.74 Å². The number of hydrogen-bond donors (Lipinski definition) is 0. The molecule has 0 saturated heterocycles. The lowest BCUT2D eigenvalue weighted by Crippen LogP contribution is -2.74. The molecule has 0 bridgehead atoms. The van der Waals surface area contributed by atoms with Gasteiger partial charge >= 0.3 is 0 Å². The highest BCUT2D eigenvalue weighted by atomic mass is 28.3. The van der Waals surface area contributed by atoms with Gasteiger partial charge in [0.25, 0.3) is 6.33 Å². The van der Waals surface area contributed by atoms with Gasteiger partial charge in [0.2, 0.25) is 0 Å². The molecule has 5 nitrogen and oxygen atoms in total. The van der Waals surface area contributed by atoms with Crippen molar-refractivity contribution >= 4 is 61.7 Å². The Morgan fingerprint density at radius 1 is 0.476 bits per heavy atom. The molecule has 13 aromatic carbocycles. The summed E-state index contributed by atoms with van der Waals surface area (Å²) in [6.45, 7) is -16.3. The van der Waals surface area contributed by atoms with Crippen LogP contribution in [0.5, 0.6) is 11.5 Å². The summed E-state index contributed by atoms with van der Waals surface area (Å²) in [5.74, 6) is -0.161. The lowest BCUT2D eigenvalue weighted by Gasteiger charge is -2.42. The smallest absolute Gasteiger partial charge is 0.269 e. The van der Waals surface area contributed by atoms with Crippen molar-refractivity contribution in [3.8, 4) is 84.3 Å². The maximum atomic E-state index is 11.5. The molecule has 103 heavy (non-hydrogen) atoms. The highest BCUT2D eigenvalue weighted by molar-refractivity contribution is 7.20. The van der Waals surface area contributed by atoms with Crippen LogP contribution < -0.4 is 30.1 Å². The standard InChI is InChI=1S/C97H82N4OSi/c1-66-56-93(98-64-86(66)69-30-16-10-17-31-69)101-89-43-25-24-42-82(89)83-51-50-77(63-91(83)101)102-76-34-27-33-75(62-76)99-65-100(90-53-47-70(61-92(90)99)68-44-48-74(49-45-68)95(2,3)4)94-84(58-73(67-28-14-9-15-29-67)59-85(94)72-46-52-87-88(60-72)97(7,8)55-54-96(87,5)6)71-32-26-41-81(57-71)103(78-35-18-11-19-36-78,79-37-20-12-21-38-79)80-39-22-13-23-40-80/h9-53,56-64H,54-55H2,1-8H3/i1D3,5D3,6D3,7D3,8D3,9D,10D,11D,12D,13D,14D,15D,16D,17D,18D,19D,20D,21D,22D,23D,26D,28D,29D,30D,31D,32D,35D,36D,37D,38D,39D,40D,41D,46D,52D,54D2,55D2,57D,60D. The first-order valence-corrected chi connectivity index (χ1v) is 33.9. The molecule has 6 heteroatoms. The Hall–Kier alpha value is -11.7. The van der Waals surface area contributed by atoms with E-state index in [4.69, 9.17) is 21.2 Å². The number of aromatic nitrogens is 4. The summed E-state index contributed by atoms with van der Waals surface area (Å²) in [5, 5.41) is -4.64. The molecule has 500 valence electrons. The monoisotopic (exact) mass is 1400 g/mol. The molecule has 0 spiro atoms. The number of aryl methyl sites for hydroxylation is 1. The minimum Gasteiger partial charge on any atom is -0.458 e. The van der Waals surface area contributed by atoms with Crippen LogP contribution in [0.2, 0.25) is 0 Å². The zero-order valence-electron chi connectivity index (χ0n) is 105. The molecule has 1 aliphatic rings. The van der Waals surface area contributed by atoms with Gasteiger partial charge in [0.1, 0.15) is 17.3 Å². The van der Waals surface area contributed by atoms with Crippen molar-refractivity contribution in [1.82, 2.24) is 14.1 Å². The minimum atomic E-state index is -7.06. The van der Waals surface area contributed by atoms with Gasteiger partial charge in [-0.25, -0.2) is 4.98 Å². The number of rotatable bonds is 14. The van der Waals surface area contributed by atoms with Gasteiger partial charge in [-0.15, -0.1) is 0 Å². The minimum absolute atomic E-state index is 0.00353. The fourth-order valence-corrected chi connectivity index (χ4v) is 16.5. The molecular weight excluding hydrogens is 1270 g/mol. The van der Waals surface area contributed by atoms with E-state index in [0.717, 1.165) is 22.4 Å². The van der Waals surface area contributed by atoms with Crippen LogP contribution in [0.1, 0.15) is 153 Å². The topological polar surface area (TPSA) is 35.9 Å². The van der Waals surface area contributed by atoms with E-state index in [2.05, 4.69) is 11.3 Å². The second-order valence-electron chi connectivity index (χ2n) is 25.2. The maximum absolute atomic E-state index is 11.5. The highest BCUT2D eigenvalue weighted by Gasteiger charge is 2.42. The lowest BCUT2D eigenvalue weighted by molar-refractivity contribution is -0.571. The third-order valence-corrected chi connectivity index (χ3v) is 21.9. The summed E-state index contributed by atoms with van der Waals surface area (Å²) < 4.78 is 499. The normalized spacial score (nSPS) is 22.2. The van der Waals surface area contributed by atoms with Crippen molar-refractivity contribution < 1.29 is 79.2 Å². The van der Waals surface area contributed by atoms with Crippen LogP contribution in [0, 0.1) is 13.2 Å². The van der Waals surface area contributed by atoms with Crippen molar-refractivity contribution in [3.63, 3.8) is 0 Å². The number of nitrogens with zero attached hydrogens (tertiary/aromatic N) is 4. The second-order valence-corrected chi connectivity index (χ2v) is 28.7. The van der Waals surface area contributed by atoms with Crippen molar-refractivity contribution in [2.24, 2.45) is 0 Å². The summed E-state index contributed by atoms with van der Waals surface area (Å²) in [6.07, 6.45) is -5.78. The van der Waals surface area contributed by atoms with E-state index in [1.807, 2.05) is 20.8 Å². The van der Waals surface area contributed by atoms with Gasteiger partial charge in [-0.2, -0.15) is 0 Å². The molecule has 0 saturated carbocycles. The van der Waals surface area contributed by atoms with Gasteiger partial charge in [0.15, 0.2) is 8.07 Å². The van der Waals surface area contributed by atoms with Crippen LogP contribution >= 0.6 is 0 Å². The van der Waals surface area contributed by atoms with E-state index in [9.17, 15) is 53.5 Å². The number of ether oxygens (including phenoxy) is 1. The third-order valence-electron chi connectivity index (χ3n) is 17.9. The van der Waals surface area contributed by atoms with E-state index in [1.165, 1.54) is 59.2 Å². The first kappa shape index (κ1) is 29.7. The molecule has 0 unspecified atom stereocenters. The number of para-hydroxylation sites is 1. The van der Waals surface area contributed by atoms with Crippen molar-refractivity contribution in [1.29, 1.82) is 0 Å². The molecule has 16 aromatic rings. The van der Waals surface area contributed by atoms with Crippen molar-refractivity contribution in [2.75, 3.05) is 0 Å². The molecular formula is C97H82N4OSi. The summed E-state index contributed by atoms with van der Waals surface area (Å²) in [6, 6.07) is -12.1. The summed E-state index contributed by atoms with van der Waals surface area (Å²) in [5.41, 5.74) is -22.5. The van der Waals surface area contributed by atoms with Gasteiger partial charge in [-0.3, -0.25) is 13.7 Å². The van der Waals surface area contributed by atoms with Crippen molar-refractivity contribution in [3.05, 3.63) is 356 Å². The predicted octanol–water partition coefficient (Wildman–Crippen LogP) is 21.7. The number of benzene rings is 13. The van der Waals surface area contributed by atoms with E-state index in [0.29, 0.717) is 27.9 Å². The molecule has 0 fully saturated rings. The molecule has 17 rings (SSSR count). The van der Waals surface area contributed by atoms with Crippen LogP contribution in [-0.4, -0.2) is 22.2 Å². The summed E-state index contributed by atoms with van der Waals surface area (Å²) in [4.78, 5) is 4.69. The average molecular weight is 1400 g/mol. The van der Waals surface area contributed by atoms with E-state index in [-0.39, 0.29) is 50.7 Å². The Bertz CT molecular complexity index is 8400. The summed E-state index contributed by atoms with van der Waals surface area (Å²) >= 11 is 0. The van der Waals surface area contributed by atoms with Crippen LogP contribution in [-0.2, 0) is 16.2 Å². The molecule has 3 heterocycles. The second kappa shape index (κ2) is 25.7. The first-order chi connectivity index (χ1) is 71.1. The van der Waals surface area contributed by atoms with Gasteiger partial charge in [0, 0.05) is 54.6 Å². The zero-order chi connectivity index (χ0) is 114. The quantitative estimate of drug-likeness (QED) is 0.0471. The fourth-order valence-electron chi connectivity index (χ4n) is 13.0. The van der Waals surface area contributed by atoms with Crippen LogP contribution in [0.15, 0.2) is 327 Å². The van der Waals surface area contributed by atoms with Gasteiger partial charge in [-0.05, 0) is 190 Å². The van der Waals surface area contributed by atoms with Crippen molar-refractivity contribution in [2.45, 2.75) is 84.0 Å². The largest absolute Gasteiger partial charge is 0.458 e. The Labute approximate surface area is 678 Å². The molecule has 0 amide bonds. The van der Waals surface area contributed by atoms with Crippen LogP contribution in [0.4, 0.5) is 0 Å². The molecule has 0 aliphatic heterocycles. The van der Waals surface area contributed by atoms with E-state index in [1.54, 1.807) is 65.2 Å².